The number of nitrogens with two attached hydrogens (primary N) is 1. The first-order chi connectivity index (χ1) is 20.7. The first-order valence-corrected chi connectivity index (χ1v) is 15.4. The zero-order valence-electron chi connectivity index (χ0n) is 24.7. The van der Waals surface area contributed by atoms with E-state index in [1.54, 1.807) is 10.9 Å². The summed E-state index contributed by atoms with van der Waals surface area (Å²) in [5.74, 6) is -4.37. The maximum atomic E-state index is 14.4. The van der Waals surface area contributed by atoms with Gasteiger partial charge >= 0.3 is 5.97 Å². The average molecular weight is 655 g/mol. The number of carbonyl (C=O) groups is 2. The molecule has 5 rings (SSSR count). The van der Waals surface area contributed by atoms with Gasteiger partial charge in [0.05, 0.1) is 28.6 Å². The van der Waals surface area contributed by atoms with Gasteiger partial charge in [-0.3, -0.25) is 14.5 Å². The SMILES string of the molecule is C[C@H](O)[C@@H](C)C(=O)O.Cc1nn(-c2ncccc2CNCC(N)=O)cc1CN1CCC2(CC1)OCC(F)(F)c1cc(Cl)sc12. The number of aliphatic hydroxyl groups is 1. The number of aliphatic carboxylic acids is 1. The molecular formula is C29H37ClF2N6O5S. The topological polar surface area (TPSA) is 156 Å². The molecule has 1 fully saturated rings. The molecule has 0 bridgehead atoms. The van der Waals surface area contributed by atoms with E-state index < -0.39 is 42.0 Å². The Morgan fingerprint density at radius 1 is 1.27 bits per heavy atom. The highest BCUT2D eigenvalue weighted by Gasteiger charge is 2.51. The van der Waals surface area contributed by atoms with E-state index in [1.165, 1.54) is 31.3 Å². The number of nitrogens with zero attached hydrogens (tertiary/aromatic N) is 4. The van der Waals surface area contributed by atoms with E-state index in [9.17, 15) is 18.4 Å². The molecule has 0 radical (unpaired) electrons. The molecule has 0 saturated carbocycles. The van der Waals surface area contributed by atoms with Crippen molar-refractivity contribution in [3.63, 3.8) is 0 Å². The molecule has 0 unspecified atom stereocenters. The van der Waals surface area contributed by atoms with E-state index >= 15 is 0 Å². The normalized spacial score (nSPS) is 18.6. The molecule has 1 spiro atoms. The number of aromatic nitrogens is 3. The lowest BCUT2D eigenvalue weighted by Crippen LogP contribution is -2.48. The molecular weight excluding hydrogens is 618 g/mol. The molecule has 3 aromatic heterocycles. The summed E-state index contributed by atoms with van der Waals surface area (Å²) in [6.07, 6.45) is 4.15. The lowest BCUT2D eigenvalue weighted by atomic mass is 9.84. The number of hydrogen-bond donors (Lipinski definition) is 4. The van der Waals surface area contributed by atoms with Gasteiger partial charge in [-0.05, 0) is 45.7 Å². The molecule has 44 heavy (non-hydrogen) atoms. The standard InChI is InChI=1S/C24H27ClF2N6O2S.C5H10O3/c1-15-17(13-33(31-15)22-16(3-2-6-30-22)10-29-11-20(28)34)12-32-7-4-23(5-8-32)21-18(9-19(25)36-21)24(26,27)14-35-23;1-3(4(2)6)5(7)8/h2-3,6,9,13,29H,4-5,7-8,10-12,14H2,1H3,(H2,28,34);3-4,6H,1-2H3,(H,7,8)/t;3-,4+/m.1/s1. The van der Waals surface area contributed by atoms with E-state index in [-0.39, 0.29) is 12.1 Å². The van der Waals surface area contributed by atoms with Gasteiger partial charge in [-0.15, -0.1) is 11.3 Å². The van der Waals surface area contributed by atoms with Crippen molar-refractivity contribution in [1.29, 1.82) is 0 Å². The lowest BCUT2D eigenvalue weighted by Gasteiger charge is -2.45. The number of carboxylic acids is 1. The van der Waals surface area contributed by atoms with E-state index in [2.05, 4.69) is 20.3 Å². The van der Waals surface area contributed by atoms with E-state index in [1.807, 2.05) is 25.3 Å². The molecule has 0 aliphatic carbocycles. The van der Waals surface area contributed by atoms with Gasteiger partial charge in [0.15, 0.2) is 5.82 Å². The minimum atomic E-state index is -3.01. The van der Waals surface area contributed by atoms with Gasteiger partial charge in [0.1, 0.15) is 12.2 Å². The maximum absolute atomic E-state index is 14.4. The van der Waals surface area contributed by atoms with Gasteiger partial charge in [0.25, 0.3) is 5.92 Å². The summed E-state index contributed by atoms with van der Waals surface area (Å²) in [6.45, 7) is 6.87. The summed E-state index contributed by atoms with van der Waals surface area (Å²) >= 11 is 7.33. The van der Waals surface area contributed by atoms with Crippen LogP contribution in [0.5, 0.6) is 0 Å². The van der Waals surface area contributed by atoms with Crippen LogP contribution in [0.2, 0.25) is 4.34 Å². The second-order valence-corrected chi connectivity index (χ2v) is 12.8. The number of aryl methyl sites for hydroxylation is 1. The Balaban J connectivity index is 0.000000488. The Morgan fingerprint density at radius 3 is 2.59 bits per heavy atom. The van der Waals surface area contributed by atoms with Crippen LogP contribution in [0.15, 0.2) is 30.6 Å². The van der Waals surface area contributed by atoms with Gasteiger partial charge in [-0.2, -0.15) is 13.9 Å². The summed E-state index contributed by atoms with van der Waals surface area (Å²) in [7, 11) is 0. The van der Waals surface area contributed by atoms with Crippen LogP contribution in [0.3, 0.4) is 0 Å². The number of ether oxygens (including phenoxy) is 1. The minimum Gasteiger partial charge on any atom is -0.481 e. The third-order valence-electron chi connectivity index (χ3n) is 7.91. The predicted molar refractivity (Wildman–Crippen MR) is 161 cm³/mol. The molecule has 5 N–H and O–H groups in total. The van der Waals surface area contributed by atoms with Crippen molar-refractivity contribution in [2.24, 2.45) is 11.7 Å². The molecule has 1 amide bonds. The second-order valence-electron chi connectivity index (χ2n) is 11.2. The first kappa shape index (κ1) is 33.9. The number of piperidine rings is 1. The number of pyridine rings is 1. The van der Waals surface area contributed by atoms with Gasteiger partial charge in [0.2, 0.25) is 5.91 Å². The van der Waals surface area contributed by atoms with Crippen molar-refractivity contribution in [2.75, 3.05) is 26.2 Å². The van der Waals surface area contributed by atoms with Gasteiger partial charge < -0.3 is 26.0 Å². The molecule has 2 aliphatic heterocycles. The number of amides is 1. The molecule has 11 nitrogen and oxygen atoms in total. The van der Waals surface area contributed by atoms with Crippen LogP contribution in [0.25, 0.3) is 5.82 Å². The molecule has 0 aromatic carbocycles. The predicted octanol–water partition coefficient (Wildman–Crippen LogP) is 3.57. The highest BCUT2D eigenvalue weighted by atomic mass is 35.5. The van der Waals surface area contributed by atoms with Crippen molar-refractivity contribution in [3.8, 4) is 5.82 Å². The fourth-order valence-electron chi connectivity index (χ4n) is 5.09. The van der Waals surface area contributed by atoms with Crippen molar-refractivity contribution < 1.29 is 33.3 Å². The average Bonchev–Trinajstić information content (AvgIpc) is 3.55. The molecule has 240 valence electrons. The number of fused-ring (bicyclic) bond motifs is 2. The van der Waals surface area contributed by atoms with Crippen molar-refractivity contribution in [3.05, 3.63) is 62.2 Å². The Hall–Kier alpha value is -3.01. The van der Waals surface area contributed by atoms with Crippen LogP contribution >= 0.6 is 22.9 Å². The van der Waals surface area contributed by atoms with E-state index in [0.717, 1.165) is 16.8 Å². The number of thiophene rings is 1. The first-order valence-electron chi connectivity index (χ1n) is 14.2. The number of halogens is 3. The molecule has 3 aromatic rings. The van der Waals surface area contributed by atoms with Crippen LogP contribution < -0.4 is 11.1 Å². The Morgan fingerprint density at radius 2 is 1.98 bits per heavy atom. The van der Waals surface area contributed by atoms with Crippen molar-refractivity contribution >= 4 is 34.8 Å². The number of primary amides is 1. The van der Waals surface area contributed by atoms with Crippen LogP contribution in [-0.2, 0) is 38.9 Å². The number of aliphatic hydroxyl groups excluding tert-OH is 1. The number of alkyl halides is 2. The third kappa shape index (κ3) is 7.79. The molecule has 1 saturated heterocycles. The third-order valence-corrected chi connectivity index (χ3v) is 9.36. The fourth-order valence-corrected chi connectivity index (χ4v) is 6.57. The Bertz CT molecular complexity index is 1470. The molecule has 5 heterocycles. The lowest BCUT2D eigenvalue weighted by molar-refractivity contribution is -0.182. The number of nitrogens with one attached hydrogen (secondary N) is 1. The summed E-state index contributed by atoms with van der Waals surface area (Å²) < 4.78 is 36.8. The number of rotatable bonds is 9. The fraction of sp³-hybridized carbons (Fsp3) is 0.517. The van der Waals surface area contributed by atoms with Crippen LogP contribution in [0.1, 0.15) is 54.0 Å². The maximum Gasteiger partial charge on any atom is 0.308 e. The van der Waals surface area contributed by atoms with Crippen LogP contribution in [0, 0.1) is 12.8 Å². The van der Waals surface area contributed by atoms with Crippen molar-refractivity contribution in [2.45, 2.75) is 64.3 Å². The van der Waals surface area contributed by atoms with Gasteiger partial charge in [-0.1, -0.05) is 17.7 Å². The Labute approximate surface area is 263 Å². The van der Waals surface area contributed by atoms with Crippen molar-refractivity contribution in [1.82, 2.24) is 25.0 Å². The zero-order chi connectivity index (χ0) is 32.2. The summed E-state index contributed by atoms with van der Waals surface area (Å²) in [4.78, 5) is 28.4. The number of carboxylic acid groups (broad SMARTS) is 1. The van der Waals surface area contributed by atoms with Crippen LogP contribution in [-0.4, -0.2) is 74.1 Å². The highest BCUT2D eigenvalue weighted by Crippen LogP contribution is 2.52. The molecule has 2 atom stereocenters. The summed E-state index contributed by atoms with van der Waals surface area (Å²) in [6, 6.07) is 5.15. The quantitative estimate of drug-likeness (QED) is 0.271. The van der Waals surface area contributed by atoms with Gasteiger partial charge in [-0.25, -0.2) is 9.67 Å². The van der Waals surface area contributed by atoms with Crippen LogP contribution in [0.4, 0.5) is 8.78 Å². The Kier molecular flexibility index (Phi) is 10.7. The van der Waals surface area contributed by atoms with E-state index in [0.29, 0.717) is 54.1 Å². The van der Waals surface area contributed by atoms with E-state index in [4.69, 9.17) is 32.3 Å². The second kappa shape index (κ2) is 14.0. The molecule has 2 aliphatic rings. The minimum absolute atomic E-state index is 0.0193. The largest absolute Gasteiger partial charge is 0.481 e. The molecule has 15 heteroatoms. The zero-order valence-corrected chi connectivity index (χ0v) is 26.3. The monoisotopic (exact) mass is 654 g/mol. The van der Waals surface area contributed by atoms with Gasteiger partial charge in [0, 0.05) is 60.1 Å². The number of likely N-dealkylation sites (tertiary alicyclic amines) is 1. The highest BCUT2D eigenvalue weighted by molar-refractivity contribution is 7.16. The smallest absolute Gasteiger partial charge is 0.308 e. The summed E-state index contributed by atoms with van der Waals surface area (Å²) in [5.41, 5.74) is 7.37. The number of hydrogen-bond acceptors (Lipinski definition) is 9. The number of carbonyl (C=O) groups excluding carboxylic acids is 1. The summed E-state index contributed by atoms with van der Waals surface area (Å²) in [5, 5.41) is 24.5.